The Hall–Kier alpha value is -0.820. The maximum Gasteiger partial charge on any atom is 0.0634 e. The summed E-state index contributed by atoms with van der Waals surface area (Å²) >= 11 is 0. The third-order valence-electron chi connectivity index (χ3n) is 2.91. The van der Waals surface area contributed by atoms with Crippen LogP contribution in [0.1, 0.15) is 40.0 Å². The first kappa shape index (κ1) is 14.2. The molecule has 0 radical (unpaired) electrons. The monoisotopic (exact) mass is 208 g/mol. The summed E-state index contributed by atoms with van der Waals surface area (Å²) in [6.07, 6.45) is 8.30. The van der Waals surface area contributed by atoms with Crippen LogP contribution >= 0.6 is 0 Å². The van der Waals surface area contributed by atoms with E-state index in [4.69, 9.17) is 0 Å². The van der Waals surface area contributed by atoms with Gasteiger partial charge < -0.3 is 5.11 Å². The Morgan fingerprint density at radius 1 is 1.40 bits per heavy atom. The quantitative estimate of drug-likeness (QED) is 0.680. The topological polar surface area (TPSA) is 20.2 Å². The second-order valence-corrected chi connectivity index (χ2v) is 3.64. The predicted molar refractivity (Wildman–Crippen MR) is 67.8 cm³/mol. The fourth-order valence-corrected chi connectivity index (χ4v) is 1.90. The fourth-order valence-electron chi connectivity index (χ4n) is 1.90. The molecule has 0 heterocycles. The lowest BCUT2D eigenvalue weighted by Crippen LogP contribution is -2.22. The third kappa shape index (κ3) is 3.07. The molecule has 1 saturated carbocycles. The van der Waals surface area contributed by atoms with Gasteiger partial charge in [0.15, 0.2) is 0 Å². The van der Waals surface area contributed by atoms with Crippen molar-refractivity contribution in [2.24, 2.45) is 5.41 Å². The van der Waals surface area contributed by atoms with Gasteiger partial charge in [-0.15, -0.1) is 0 Å². The Morgan fingerprint density at radius 2 is 1.93 bits per heavy atom. The zero-order chi connectivity index (χ0) is 11.9. The first-order valence-corrected chi connectivity index (χ1v) is 5.85. The zero-order valence-corrected chi connectivity index (χ0v) is 10.3. The Kier molecular flexibility index (Phi) is 6.26. The van der Waals surface area contributed by atoms with Crippen molar-refractivity contribution >= 4 is 0 Å². The van der Waals surface area contributed by atoms with Crippen LogP contribution in [0.15, 0.2) is 37.0 Å². The van der Waals surface area contributed by atoms with Crippen molar-refractivity contribution in [3.05, 3.63) is 37.0 Å². The van der Waals surface area contributed by atoms with Crippen molar-refractivity contribution in [3.63, 3.8) is 0 Å². The number of hydrogen-bond donors (Lipinski definition) is 1. The van der Waals surface area contributed by atoms with Gasteiger partial charge in [-0.2, -0.15) is 0 Å². The Morgan fingerprint density at radius 3 is 2.20 bits per heavy atom. The second-order valence-electron chi connectivity index (χ2n) is 3.64. The van der Waals surface area contributed by atoms with Crippen molar-refractivity contribution < 1.29 is 5.11 Å². The summed E-state index contributed by atoms with van der Waals surface area (Å²) < 4.78 is 0. The molecular weight excluding hydrogens is 184 g/mol. The molecule has 1 atom stereocenters. The summed E-state index contributed by atoms with van der Waals surface area (Å²) in [6.45, 7) is 13.5. The smallest absolute Gasteiger partial charge is 0.0634 e. The lowest BCUT2D eigenvalue weighted by molar-refractivity contribution is 0.110. The van der Waals surface area contributed by atoms with Crippen molar-refractivity contribution in [1.29, 1.82) is 0 Å². The van der Waals surface area contributed by atoms with E-state index in [0.29, 0.717) is 0 Å². The van der Waals surface area contributed by atoms with Crippen LogP contribution in [0.2, 0.25) is 0 Å². The van der Waals surface area contributed by atoms with Gasteiger partial charge in [0, 0.05) is 5.41 Å². The molecule has 1 rings (SSSR count). The van der Waals surface area contributed by atoms with Gasteiger partial charge in [0.05, 0.1) is 6.10 Å². The molecule has 1 N–H and O–H groups in total. The molecule has 0 bridgehead atoms. The first-order valence-electron chi connectivity index (χ1n) is 5.85. The Labute approximate surface area is 94.2 Å². The number of allylic oxidation sites excluding steroid dienone is 3. The molecular formula is C14H24O. The second kappa shape index (κ2) is 6.62. The van der Waals surface area contributed by atoms with Gasteiger partial charge in [-0.05, 0) is 24.8 Å². The SMILES string of the molecule is C=C/C=C(\C=C)C1(C(O)CC)CC1.CC. The highest BCUT2D eigenvalue weighted by atomic mass is 16.3. The summed E-state index contributed by atoms with van der Waals surface area (Å²) in [5.74, 6) is 0. The molecule has 0 aromatic carbocycles. The minimum Gasteiger partial charge on any atom is -0.392 e. The van der Waals surface area contributed by atoms with E-state index in [1.165, 1.54) is 0 Å². The lowest BCUT2D eigenvalue weighted by Gasteiger charge is -2.22. The fraction of sp³-hybridized carbons (Fsp3) is 0.571. The van der Waals surface area contributed by atoms with Gasteiger partial charge in [-0.25, -0.2) is 0 Å². The normalized spacial score (nSPS) is 19.6. The van der Waals surface area contributed by atoms with Gasteiger partial charge in [0.25, 0.3) is 0 Å². The molecule has 1 unspecified atom stereocenters. The van der Waals surface area contributed by atoms with E-state index in [0.717, 1.165) is 24.8 Å². The van der Waals surface area contributed by atoms with Crippen LogP contribution in [0.4, 0.5) is 0 Å². The van der Waals surface area contributed by atoms with Gasteiger partial charge in [0.2, 0.25) is 0 Å². The predicted octanol–water partition coefficient (Wildman–Crippen LogP) is 3.86. The van der Waals surface area contributed by atoms with E-state index < -0.39 is 0 Å². The molecule has 86 valence electrons. The van der Waals surface area contributed by atoms with Gasteiger partial charge in [0.1, 0.15) is 0 Å². The van der Waals surface area contributed by atoms with Gasteiger partial charge >= 0.3 is 0 Å². The molecule has 1 nitrogen and oxygen atoms in total. The molecule has 0 spiro atoms. The van der Waals surface area contributed by atoms with E-state index in [9.17, 15) is 5.11 Å². The van der Waals surface area contributed by atoms with E-state index in [2.05, 4.69) is 13.2 Å². The number of hydrogen-bond acceptors (Lipinski definition) is 1. The van der Waals surface area contributed by atoms with E-state index >= 15 is 0 Å². The Bertz CT molecular complexity index is 234. The summed E-state index contributed by atoms with van der Waals surface area (Å²) in [5, 5.41) is 9.85. The number of rotatable bonds is 5. The summed E-state index contributed by atoms with van der Waals surface area (Å²) in [4.78, 5) is 0. The molecule has 0 amide bonds. The number of aliphatic hydroxyl groups is 1. The van der Waals surface area contributed by atoms with E-state index in [1.807, 2.05) is 32.9 Å². The minimum absolute atomic E-state index is 0.00465. The molecule has 0 aromatic heterocycles. The van der Waals surface area contributed by atoms with Crippen molar-refractivity contribution in [2.45, 2.75) is 46.1 Å². The minimum atomic E-state index is -0.225. The maximum atomic E-state index is 9.85. The average molecular weight is 208 g/mol. The molecule has 0 saturated heterocycles. The highest BCUT2D eigenvalue weighted by Crippen LogP contribution is 2.55. The average Bonchev–Trinajstić information content (AvgIpc) is 3.08. The highest BCUT2D eigenvalue weighted by Gasteiger charge is 2.49. The molecule has 1 heteroatoms. The van der Waals surface area contributed by atoms with Crippen LogP contribution in [0, 0.1) is 5.41 Å². The summed E-state index contributed by atoms with van der Waals surface area (Å²) in [5.41, 5.74) is 1.14. The van der Waals surface area contributed by atoms with Crippen LogP contribution < -0.4 is 0 Å². The first-order chi connectivity index (χ1) is 7.21. The molecule has 0 aliphatic heterocycles. The van der Waals surface area contributed by atoms with Crippen molar-refractivity contribution in [1.82, 2.24) is 0 Å². The van der Waals surface area contributed by atoms with Crippen molar-refractivity contribution in [3.8, 4) is 0 Å². The third-order valence-corrected chi connectivity index (χ3v) is 2.91. The standard InChI is InChI=1S/C12H18O.C2H6/c1-4-7-10(5-2)12(8-9-12)11(13)6-3;1-2/h4-5,7,11,13H,1-2,6,8-9H2,3H3;1-2H3/b10-7+;. The molecule has 1 aliphatic carbocycles. The van der Waals surface area contributed by atoms with Crippen molar-refractivity contribution in [2.75, 3.05) is 0 Å². The molecule has 15 heavy (non-hydrogen) atoms. The summed E-state index contributed by atoms with van der Waals surface area (Å²) in [6, 6.07) is 0. The van der Waals surface area contributed by atoms with Crippen LogP contribution in [0.5, 0.6) is 0 Å². The Balaban J connectivity index is 0.000000921. The van der Waals surface area contributed by atoms with Gasteiger partial charge in [-0.1, -0.05) is 52.2 Å². The largest absolute Gasteiger partial charge is 0.392 e. The molecule has 0 aromatic rings. The molecule has 1 fully saturated rings. The number of aliphatic hydroxyl groups excluding tert-OH is 1. The summed E-state index contributed by atoms with van der Waals surface area (Å²) in [7, 11) is 0. The van der Waals surface area contributed by atoms with Crippen LogP contribution in [0.3, 0.4) is 0 Å². The maximum absolute atomic E-state index is 9.85. The lowest BCUT2D eigenvalue weighted by atomic mass is 9.88. The van der Waals surface area contributed by atoms with Crippen LogP contribution in [-0.2, 0) is 0 Å². The van der Waals surface area contributed by atoms with E-state index in [1.54, 1.807) is 6.08 Å². The molecule has 1 aliphatic rings. The van der Waals surface area contributed by atoms with Gasteiger partial charge in [-0.3, -0.25) is 0 Å². The van der Waals surface area contributed by atoms with Crippen LogP contribution in [-0.4, -0.2) is 11.2 Å². The highest BCUT2D eigenvalue weighted by molar-refractivity contribution is 5.35. The van der Waals surface area contributed by atoms with E-state index in [-0.39, 0.29) is 11.5 Å². The zero-order valence-electron chi connectivity index (χ0n) is 10.3. The van der Waals surface area contributed by atoms with Crippen LogP contribution in [0.25, 0.3) is 0 Å².